The van der Waals surface area contributed by atoms with Gasteiger partial charge in [-0.25, -0.2) is 4.79 Å². The van der Waals surface area contributed by atoms with Crippen molar-refractivity contribution in [1.82, 2.24) is 0 Å². The highest BCUT2D eigenvalue weighted by Gasteiger charge is 2.33. The molecule has 0 aliphatic carbocycles. The summed E-state index contributed by atoms with van der Waals surface area (Å²) in [6.45, 7) is 7.45. The standard InChI is InChI=1S/C15H22O8/c1-9(16)19-8-12-11(20-10(2)17)6-7-13(21-12)22-14(18)23-15(3,4)5/h6-7,11-13H,8H2,1-5H3/t11-,12+,13+/m0/s1. The molecule has 0 saturated carbocycles. The van der Waals surface area contributed by atoms with Crippen LogP contribution < -0.4 is 0 Å². The number of carbonyl (C=O) groups is 3. The molecule has 0 N–H and O–H groups in total. The summed E-state index contributed by atoms with van der Waals surface area (Å²) in [6, 6.07) is 0. The minimum absolute atomic E-state index is 0.147. The second-order valence-corrected chi connectivity index (χ2v) is 5.89. The first kappa shape index (κ1) is 19.0. The molecule has 0 amide bonds. The van der Waals surface area contributed by atoms with Gasteiger partial charge in [-0.1, -0.05) is 0 Å². The smallest absolute Gasteiger partial charge is 0.463 e. The number of hydrogen-bond acceptors (Lipinski definition) is 8. The molecule has 0 saturated heterocycles. The maximum Gasteiger partial charge on any atom is 0.511 e. The Morgan fingerprint density at radius 3 is 2.22 bits per heavy atom. The number of hydrogen-bond donors (Lipinski definition) is 0. The zero-order chi connectivity index (χ0) is 17.6. The zero-order valence-corrected chi connectivity index (χ0v) is 13.9. The van der Waals surface area contributed by atoms with E-state index in [1.165, 1.54) is 26.0 Å². The van der Waals surface area contributed by atoms with Crippen LogP contribution in [-0.2, 0) is 33.3 Å². The average molecular weight is 330 g/mol. The van der Waals surface area contributed by atoms with Gasteiger partial charge >= 0.3 is 18.1 Å². The van der Waals surface area contributed by atoms with Crippen molar-refractivity contribution >= 4 is 18.1 Å². The predicted octanol–water partition coefficient (Wildman–Crippen LogP) is 1.71. The predicted molar refractivity (Wildman–Crippen MR) is 77.3 cm³/mol. The van der Waals surface area contributed by atoms with Crippen molar-refractivity contribution in [3.05, 3.63) is 12.2 Å². The molecule has 0 aromatic rings. The Labute approximate surface area is 134 Å². The molecular weight excluding hydrogens is 308 g/mol. The van der Waals surface area contributed by atoms with Crippen LogP contribution >= 0.6 is 0 Å². The van der Waals surface area contributed by atoms with E-state index in [2.05, 4.69) is 0 Å². The van der Waals surface area contributed by atoms with Crippen molar-refractivity contribution < 1.29 is 38.1 Å². The van der Waals surface area contributed by atoms with E-state index in [1.54, 1.807) is 20.8 Å². The Kier molecular flexibility index (Phi) is 6.56. The number of esters is 2. The minimum atomic E-state index is -1.03. The number of carbonyl (C=O) groups excluding carboxylic acids is 3. The fourth-order valence-corrected chi connectivity index (χ4v) is 1.70. The van der Waals surface area contributed by atoms with Crippen molar-refractivity contribution in [2.24, 2.45) is 0 Å². The third-order valence-electron chi connectivity index (χ3n) is 2.49. The minimum Gasteiger partial charge on any atom is -0.463 e. The Balaban J connectivity index is 2.68. The monoisotopic (exact) mass is 330 g/mol. The molecule has 8 nitrogen and oxygen atoms in total. The van der Waals surface area contributed by atoms with Gasteiger partial charge in [0.1, 0.15) is 24.4 Å². The molecule has 0 bridgehead atoms. The molecule has 0 aromatic carbocycles. The molecule has 1 heterocycles. The maximum atomic E-state index is 11.6. The normalized spacial score (nSPS) is 23.8. The van der Waals surface area contributed by atoms with Crippen LogP contribution in [0.3, 0.4) is 0 Å². The Bertz CT molecular complexity index is 476. The Morgan fingerprint density at radius 2 is 1.70 bits per heavy atom. The lowest BCUT2D eigenvalue weighted by Crippen LogP contribution is -2.43. The summed E-state index contributed by atoms with van der Waals surface area (Å²) >= 11 is 0. The first-order valence-electron chi connectivity index (χ1n) is 7.11. The van der Waals surface area contributed by atoms with Crippen LogP contribution in [0.15, 0.2) is 12.2 Å². The first-order valence-corrected chi connectivity index (χ1v) is 7.11. The second kappa shape index (κ2) is 7.96. The van der Waals surface area contributed by atoms with Gasteiger partial charge in [0, 0.05) is 13.8 Å². The van der Waals surface area contributed by atoms with Crippen LogP contribution in [0, 0.1) is 0 Å². The van der Waals surface area contributed by atoms with Crippen LogP contribution in [0.1, 0.15) is 34.6 Å². The van der Waals surface area contributed by atoms with Crippen LogP contribution in [0.25, 0.3) is 0 Å². The molecular formula is C15H22O8. The van der Waals surface area contributed by atoms with Crippen LogP contribution in [0.4, 0.5) is 4.79 Å². The first-order chi connectivity index (χ1) is 10.6. The largest absolute Gasteiger partial charge is 0.511 e. The summed E-state index contributed by atoms with van der Waals surface area (Å²) in [4.78, 5) is 33.6. The third kappa shape index (κ3) is 7.64. The van der Waals surface area contributed by atoms with Crippen molar-refractivity contribution in [2.45, 2.75) is 58.7 Å². The summed E-state index contributed by atoms with van der Waals surface area (Å²) in [5.74, 6) is -1.02. The fourth-order valence-electron chi connectivity index (χ4n) is 1.70. The van der Waals surface area contributed by atoms with Crippen LogP contribution in [0.5, 0.6) is 0 Å². The van der Waals surface area contributed by atoms with E-state index in [9.17, 15) is 14.4 Å². The Morgan fingerprint density at radius 1 is 1.04 bits per heavy atom. The highest BCUT2D eigenvalue weighted by Crippen LogP contribution is 2.19. The van der Waals surface area contributed by atoms with Gasteiger partial charge in [0.2, 0.25) is 6.29 Å². The quantitative estimate of drug-likeness (QED) is 0.436. The molecule has 0 unspecified atom stereocenters. The molecule has 1 aliphatic rings. The van der Waals surface area contributed by atoms with Gasteiger partial charge in [0.15, 0.2) is 0 Å². The van der Waals surface area contributed by atoms with E-state index in [1.807, 2.05) is 0 Å². The van der Waals surface area contributed by atoms with Crippen LogP contribution in [-0.4, -0.2) is 48.8 Å². The molecule has 1 aliphatic heterocycles. The van der Waals surface area contributed by atoms with E-state index in [0.717, 1.165) is 0 Å². The summed E-state index contributed by atoms with van der Waals surface area (Å²) in [5, 5.41) is 0. The van der Waals surface area contributed by atoms with E-state index >= 15 is 0 Å². The SMILES string of the molecule is CC(=O)OC[C@H]1O[C@H](OC(=O)OC(C)(C)C)C=C[C@@H]1OC(C)=O. The van der Waals surface area contributed by atoms with Crippen LogP contribution in [0.2, 0.25) is 0 Å². The summed E-state index contributed by atoms with van der Waals surface area (Å²) in [7, 11) is 0. The zero-order valence-electron chi connectivity index (χ0n) is 13.9. The van der Waals surface area contributed by atoms with Crippen molar-refractivity contribution in [2.75, 3.05) is 6.61 Å². The van der Waals surface area contributed by atoms with E-state index in [0.29, 0.717) is 0 Å². The van der Waals surface area contributed by atoms with Gasteiger partial charge in [0.05, 0.1) is 0 Å². The molecule has 0 spiro atoms. The van der Waals surface area contributed by atoms with Gasteiger partial charge in [-0.3, -0.25) is 9.59 Å². The fraction of sp³-hybridized carbons (Fsp3) is 0.667. The maximum absolute atomic E-state index is 11.6. The molecule has 3 atom stereocenters. The van der Waals surface area contributed by atoms with Crippen molar-refractivity contribution in [3.8, 4) is 0 Å². The lowest BCUT2D eigenvalue weighted by atomic mass is 10.1. The van der Waals surface area contributed by atoms with E-state index in [4.69, 9.17) is 23.7 Å². The second-order valence-electron chi connectivity index (χ2n) is 5.89. The lowest BCUT2D eigenvalue weighted by molar-refractivity contribution is -0.190. The van der Waals surface area contributed by atoms with Gasteiger partial charge in [0.25, 0.3) is 0 Å². The lowest BCUT2D eigenvalue weighted by Gasteiger charge is -2.31. The molecule has 23 heavy (non-hydrogen) atoms. The molecule has 8 heteroatoms. The molecule has 0 fully saturated rings. The topological polar surface area (TPSA) is 97.4 Å². The summed E-state index contributed by atoms with van der Waals surface area (Å²) < 4.78 is 25.4. The van der Waals surface area contributed by atoms with Gasteiger partial charge < -0.3 is 23.7 Å². The highest BCUT2D eigenvalue weighted by atomic mass is 16.8. The number of ether oxygens (including phenoxy) is 5. The highest BCUT2D eigenvalue weighted by molar-refractivity contribution is 5.67. The molecule has 130 valence electrons. The molecule has 0 aromatic heterocycles. The summed E-state index contributed by atoms with van der Waals surface area (Å²) in [6.07, 6.45) is -0.539. The van der Waals surface area contributed by atoms with Gasteiger partial charge in [-0.2, -0.15) is 0 Å². The molecule has 1 rings (SSSR count). The van der Waals surface area contributed by atoms with E-state index in [-0.39, 0.29) is 6.61 Å². The third-order valence-corrected chi connectivity index (χ3v) is 2.49. The van der Waals surface area contributed by atoms with E-state index < -0.39 is 42.2 Å². The number of rotatable bonds is 4. The summed E-state index contributed by atoms with van der Waals surface area (Å²) in [5.41, 5.74) is -0.702. The van der Waals surface area contributed by atoms with Crippen molar-refractivity contribution in [1.29, 1.82) is 0 Å². The van der Waals surface area contributed by atoms with Crippen molar-refractivity contribution in [3.63, 3.8) is 0 Å². The van der Waals surface area contributed by atoms with Gasteiger partial charge in [-0.05, 0) is 32.9 Å². The average Bonchev–Trinajstić information content (AvgIpc) is 2.35. The molecule has 0 radical (unpaired) electrons. The van der Waals surface area contributed by atoms with Gasteiger partial charge in [-0.15, -0.1) is 0 Å². The Hall–Kier alpha value is -2.09.